The van der Waals surface area contributed by atoms with Gasteiger partial charge in [-0.25, -0.2) is 8.78 Å². The summed E-state index contributed by atoms with van der Waals surface area (Å²) < 4.78 is 28.6. The fourth-order valence-corrected chi connectivity index (χ4v) is 3.56. The van der Waals surface area contributed by atoms with Crippen molar-refractivity contribution in [2.24, 2.45) is 0 Å². The highest BCUT2D eigenvalue weighted by molar-refractivity contribution is 5.69. The van der Waals surface area contributed by atoms with Crippen LogP contribution in [0.25, 0.3) is 12.2 Å². The molecule has 2 heteroatoms. The first-order valence-corrected chi connectivity index (χ1v) is 10.5. The summed E-state index contributed by atoms with van der Waals surface area (Å²) in [6.07, 6.45) is 9.42. The average molecular weight is 403 g/mol. The maximum Gasteiger partial charge on any atom is 0.129 e. The molecule has 1 atom stereocenters. The Kier molecular flexibility index (Phi) is 7.73. The Bertz CT molecular complexity index is 976. The summed E-state index contributed by atoms with van der Waals surface area (Å²) in [7, 11) is 0. The minimum Gasteiger partial charge on any atom is -0.207 e. The van der Waals surface area contributed by atoms with Crippen LogP contribution in [0.2, 0.25) is 0 Å². The molecule has 0 aliphatic carbocycles. The molecule has 0 spiro atoms. The molecule has 0 fully saturated rings. The summed E-state index contributed by atoms with van der Waals surface area (Å²) >= 11 is 0. The summed E-state index contributed by atoms with van der Waals surface area (Å²) in [5.41, 5.74) is 4.29. The predicted molar refractivity (Wildman–Crippen MR) is 123 cm³/mol. The third-order valence-corrected chi connectivity index (χ3v) is 5.32. The van der Waals surface area contributed by atoms with Crippen molar-refractivity contribution in [1.29, 1.82) is 0 Å². The van der Waals surface area contributed by atoms with Crippen LogP contribution >= 0.6 is 0 Å². The highest BCUT2D eigenvalue weighted by Gasteiger charge is 2.10. The molecule has 0 N–H and O–H groups in total. The Balaban J connectivity index is 1.65. The number of halogens is 2. The zero-order chi connectivity index (χ0) is 21.3. The van der Waals surface area contributed by atoms with Crippen LogP contribution in [-0.2, 0) is 12.8 Å². The molecule has 0 bridgehead atoms. The SMILES string of the molecule is C/C=C/CCc1c(F)cc(C=Cc2ccc(C[C@H](C)c3ccccc3)cc2)cc1F. The van der Waals surface area contributed by atoms with Gasteiger partial charge in [-0.15, -0.1) is 0 Å². The second-order valence-corrected chi connectivity index (χ2v) is 7.66. The highest BCUT2D eigenvalue weighted by atomic mass is 19.1. The van der Waals surface area contributed by atoms with Crippen molar-refractivity contribution in [1.82, 2.24) is 0 Å². The fraction of sp³-hybridized carbons (Fsp3) is 0.214. The van der Waals surface area contributed by atoms with Crippen LogP contribution in [0.4, 0.5) is 8.78 Å². The summed E-state index contributed by atoms with van der Waals surface area (Å²) in [6.45, 7) is 4.13. The van der Waals surface area contributed by atoms with E-state index in [1.54, 1.807) is 6.08 Å². The number of benzene rings is 3. The molecule has 0 aliphatic heterocycles. The molecule has 0 aliphatic rings. The van der Waals surface area contributed by atoms with Gasteiger partial charge in [0.05, 0.1) is 0 Å². The Morgan fingerprint density at radius 2 is 1.47 bits per heavy atom. The van der Waals surface area contributed by atoms with Crippen LogP contribution in [0.15, 0.2) is 78.9 Å². The molecule has 0 saturated carbocycles. The van der Waals surface area contributed by atoms with E-state index in [1.807, 2.05) is 43.4 Å². The largest absolute Gasteiger partial charge is 0.207 e. The molecule has 3 aromatic carbocycles. The third kappa shape index (κ3) is 6.00. The van der Waals surface area contributed by atoms with Gasteiger partial charge >= 0.3 is 0 Å². The van der Waals surface area contributed by atoms with E-state index in [1.165, 1.54) is 23.3 Å². The molecule has 0 aromatic heterocycles. The lowest BCUT2D eigenvalue weighted by atomic mass is 9.93. The number of rotatable bonds is 8. The van der Waals surface area contributed by atoms with E-state index in [4.69, 9.17) is 0 Å². The van der Waals surface area contributed by atoms with Gasteiger partial charge in [-0.05, 0) is 66.5 Å². The van der Waals surface area contributed by atoms with Crippen LogP contribution in [0.1, 0.15) is 54.0 Å². The van der Waals surface area contributed by atoms with Crippen molar-refractivity contribution in [3.8, 4) is 0 Å². The molecule has 3 aromatic rings. The summed E-state index contributed by atoms with van der Waals surface area (Å²) in [4.78, 5) is 0. The van der Waals surface area contributed by atoms with Gasteiger partial charge in [0.2, 0.25) is 0 Å². The van der Waals surface area contributed by atoms with Crippen LogP contribution in [0.3, 0.4) is 0 Å². The summed E-state index contributed by atoms with van der Waals surface area (Å²) in [5, 5.41) is 0. The maximum absolute atomic E-state index is 14.3. The maximum atomic E-state index is 14.3. The van der Waals surface area contributed by atoms with Crippen molar-refractivity contribution in [2.45, 2.75) is 39.0 Å². The molecule has 154 valence electrons. The van der Waals surface area contributed by atoms with Gasteiger partial charge in [0, 0.05) is 5.56 Å². The molecule has 30 heavy (non-hydrogen) atoms. The fourth-order valence-electron chi connectivity index (χ4n) is 3.56. The lowest BCUT2D eigenvalue weighted by molar-refractivity contribution is 0.555. The van der Waals surface area contributed by atoms with Crippen LogP contribution in [0.5, 0.6) is 0 Å². The van der Waals surface area contributed by atoms with E-state index in [9.17, 15) is 8.78 Å². The third-order valence-electron chi connectivity index (χ3n) is 5.32. The van der Waals surface area contributed by atoms with E-state index >= 15 is 0 Å². The molecule has 0 unspecified atom stereocenters. The summed E-state index contributed by atoms with van der Waals surface area (Å²) in [6, 6.07) is 21.6. The molecule has 0 radical (unpaired) electrons. The normalized spacial score (nSPS) is 12.7. The van der Waals surface area contributed by atoms with Gasteiger partial charge in [-0.2, -0.15) is 0 Å². The van der Waals surface area contributed by atoms with Gasteiger partial charge in [-0.1, -0.05) is 85.8 Å². The Labute approximate surface area is 178 Å². The van der Waals surface area contributed by atoms with E-state index in [-0.39, 0.29) is 5.56 Å². The zero-order valence-electron chi connectivity index (χ0n) is 17.6. The molecular weight excluding hydrogens is 374 g/mol. The number of allylic oxidation sites excluding steroid dienone is 2. The first-order chi connectivity index (χ1) is 14.6. The van der Waals surface area contributed by atoms with E-state index in [2.05, 4.69) is 43.3 Å². The first-order valence-electron chi connectivity index (χ1n) is 10.5. The van der Waals surface area contributed by atoms with Crippen LogP contribution in [0, 0.1) is 11.6 Å². The minimum absolute atomic E-state index is 0.155. The molecule has 3 rings (SSSR count). The smallest absolute Gasteiger partial charge is 0.129 e. The second kappa shape index (κ2) is 10.7. The van der Waals surface area contributed by atoms with Crippen molar-refractivity contribution < 1.29 is 8.78 Å². The monoisotopic (exact) mass is 402 g/mol. The molecular formula is C28H28F2. The van der Waals surface area contributed by atoms with Gasteiger partial charge in [0.15, 0.2) is 0 Å². The van der Waals surface area contributed by atoms with Crippen LogP contribution in [-0.4, -0.2) is 0 Å². The average Bonchev–Trinajstić information content (AvgIpc) is 2.76. The molecule has 0 nitrogen and oxygen atoms in total. The highest BCUT2D eigenvalue weighted by Crippen LogP contribution is 2.22. The van der Waals surface area contributed by atoms with Gasteiger partial charge in [-0.3, -0.25) is 0 Å². The quantitative estimate of drug-likeness (QED) is 0.264. The topological polar surface area (TPSA) is 0 Å². The second-order valence-electron chi connectivity index (χ2n) is 7.66. The lowest BCUT2D eigenvalue weighted by Crippen LogP contribution is -1.98. The Morgan fingerprint density at radius 3 is 2.10 bits per heavy atom. The van der Waals surface area contributed by atoms with Gasteiger partial charge in [0.1, 0.15) is 11.6 Å². The lowest BCUT2D eigenvalue weighted by Gasteiger charge is -2.12. The van der Waals surface area contributed by atoms with Crippen LogP contribution < -0.4 is 0 Å². The zero-order valence-corrected chi connectivity index (χ0v) is 17.6. The van der Waals surface area contributed by atoms with E-state index < -0.39 is 11.6 Å². The Morgan fingerprint density at radius 1 is 0.833 bits per heavy atom. The Hall–Kier alpha value is -3.00. The minimum atomic E-state index is -0.482. The standard InChI is InChI=1S/C28H28F2/c1-3-4-6-11-26-27(29)19-24(20-28(26)30)17-14-22-12-15-23(16-13-22)18-21(2)25-9-7-5-8-10-25/h3-5,7-10,12-17,19-21H,6,11,18H2,1-2H3/b4-3+,17-14?/t21-/m0/s1. The molecule has 0 heterocycles. The van der Waals surface area contributed by atoms with Crippen molar-refractivity contribution in [2.75, 3.05) is 0 Å². The molecule has 0 saturated heterocycles. The molecule has 0 amide bonds. The van der Waals surface area contributed by atoms with Gasteiger partial charge < -0.3 is 0 Å². The number of hydrogen-bond acceptors (Lipinski definition) is 0. The van der Waals surface area contributed by atoms with E-state index in [0.29, 0.717) is 24.3 Å². The van der Waals surface area contributed by atoms with Crippen molar-refractivity contribution >= 4 is 12.2 Å². The summed E-state index contributed by atoms with van der Waals surface area (Å²) in [5.74, 6) is -0.515. The first kappa shape index (κ1) is 21.7. The van der Waals surface area contributed by atoms with E-state index in [0.717, 1.165) is 12.0 Å². The predicted octanol–water partition coefficient (Wildman–Crippen LogP) is 7.99. The van der Waals surface area contributed by atoms with Crippen molar-refractivity contribution in [3.63, 3.8) is 0 Å². The number of hydrogen-bond donors (Lipinski definition) is 0. The van der Waals surface area contributed by atoms with Gasteiger partial charge in [0.25, 0.3) is 0 Å². The van der Waals surface area contributed by atoms with Crippen molar-refractivity contribution in [3.05, 3.63) is 118 Å².